The average molecular weight is 261 g/mol. The van der Waals surface area contributed by atoms with Gasteiger partial charge in [0, 0.05) is 21.8 Å². The zero-order valence-corrected chi connectivity index (χ0v) is 9.98. The molecule has 0 bridgehead atoms. The molecule has 1 unspecified atom stereocenters. The molecular weight excluding hydrogens is 247 g/mol. The Hall–Kier alpha value is -0.330. The Morgan fingerprint density at radius 2 is 2.20 bits per heavy atom. The molecule has 0 rings (SSSR count). The normalized spacial score (nSPS) is 13.5. The molecule has 0 saturated heterocycles. The van der Waals surface area contributed by atoms with Gasteiger partial charge in [0.25, 0.3) is 0 Å². The van der Waals surface area contributed by atoms with Gasteiger partial charge < -0.3 is 4.74 Å². The van der Waals surface area contributed by atoms with Crippen LogP contribution >= 0.6 is 10.7 Å². The van der Waals surface area contributed by atoms with Crippen LogP contribution < -0.4 is 0 Å². The van der Waals surface area contributed by atoms with Crippen LogP contribution in [0.3, 0.4) is 0 Å². The van der Waals surface area contributed by atoms with E-state index in [0.717, 1.165) is 0 Å². The van der Waals surface area contributed by atoms with Gasteiger partial charge >= 0.3 is 0 Å². The summed E-state index contributed by atoms with van der Waals surface area (Å²) in [6.07, 6.45) is 0.186. The first-order chi connectivity index (χ1) is 6.90. The van der Waals surface area contributed by atoms with Crippen molar-refractivity contribution in [3.8, 4) is 0 Å². The van der Waals surface area contributed by atoms with Crippen molar-refractivity contribution in [2.45, 2.75) is 25.9 Å². The molecule has 0 aliphatic carbocycles. The summed E-state index contributed by atoms with van der Waals surface area (Å²) in [4.78, 5) is 3.44. The third-order valence-electron chi connectivity index (χ3n) is 1.68. The highest BCUT2D eigenvalue weighted by Crippen LogP contribution is 2.11. The van der Waals surface area contributed by atoms with Gasteiger partial charge in [-0.15, -0.1) is 0 Å². The number of hydrogen-bond acceptors (Lipinski definition) is 4. The van der Waals surface area contributed by atoms with E-state index in [-0.39, 0.29) is 24.5 Å². The van der Waals surface area contributed by atoms with E-state index in [1.165, 1.54) is 0 Å². The average Bonchev–Trinajstić information content (AvgIpc) is 2.15. The van der Waals surface area contributed by atoms with Crippen molar-refractivity contribution in [2.24, 2.45) is 0 Å². The quantitative estimate of drug-likeness (QED) is 0.381. The molecule has 0 aromatic rings. The van der Waals surface area contributed by atoms with E-state index in [0.29, 0.717) is 6.42 Å². The zero-order chi connectivity index (χ0) is 11.9. The van der Waals surface area contributed by atoms with Crippen LogP contribution in [0.25, 0.3) is 0 Å². The van der Waals surface area contributed by atoms with Gasteiger partial charge in [0.1, 0.15) is 6.10 Å². The monoisotopic (exact) mass is 260 g/mol. The van der Waals surface area contributed by atoms with Crippen molar-refractivity contribution >= 4 is 19.7 Å². The highest BCUT2D eigenvalue weighted by atomic mass is 35.7. The molecule has 1 atom stereocenters. The fourth-order valence-corrected chi connectivity index (χ4v) is 1.74. The predicted octanol–water partition coefficient (Wildman–Crippen LogP) is 2.16. The lowest BCUT2D eigenvalue weighted by Crippen LogP contribution is -2.16. The molecule has 0 fully saturated rings. The van der Waals surface area contributed by atoms with Crippen molar-refractivity contribution < 1.29 is 22.6 Å². The lowest BCUT2D eigenvalue weighted by molar-refractivity contribution is -0.115. The maximum atomic E-state index is 11.7. The second-order valence-corrected chi connectivity index (χ2v) is 5.80. The van der Waals surface area contributed by atoms with Crippen molar-refractivity contribution in [3.05, 3.63) is 12.3 Å². The summed E-state index contributed by atoms with van der Waals surface area (Å²) in [6.45, 7) is 5.24. The van der Waals surface area contributed by atoms with Crippen molar-refractivity contribution in [1.82, 2.24) is 0 Å². The Labute approximate surface area is 93.3 Å². The summed E-state index contributed by atoms with van der Waals surface area (Å²) < 4.78 is 38.0. The zero-order valence-electron chi connectivity index (χ0n) is 8.41. The molecule has 0 aliphatic rings. The summed E-state index contributed by atoms with van der Waals surface area (Å²) in [6, 6.07) is 0. The van der Waals surface area contributed by atoms with Gasteiger partial charge in [-0.3, -0.25) is 4.94 Å². The summed E-state index contributed by atoms with van der Waals surface area (Å²) in [5, 5.41) is 0. The molecule has 7 heteroatoms. The smallest absolute Gasteiger partial charge is 0.232 e. The van der Waals surface area contributed by atoms with Crippen molar-refractivity contribution in [3.63, 3.8) is 0 Å². The van der Waals surface area contributed by atoms with Crippen LogP contribution in [0.15, 0.2) is 12.3 Å². The lowest BCUT2D eigenvalue weighted by atomic mass is 10.2. The van der Waals surface area contributed by atoms with Gasteiger partial charge in [0.05, 0.1) is 5.75 Å². The van der Waals surface area contributed by atoms with Gasteiger partial charge in [-0.25, -0.2) is 8.42 Å². The minimum atomic E-state index is -3.49. The van der Waals surface area contributed by atoms with Crippen LogP contribution in [0.5, 0.6) is 0 Å². The Kier molecular flexibility index (Phi) is 6.87. The predicted molar refractivity (Wildman–Crippen MR) is 55.6 cm³/mol. The fourth-order valence-electron chi connectivity index (χ4n) is 0.945. The molecule has 90 valence electrons. The van der Waals surface area contributed by atoms with Crippen LogP contribution in [0.2, 0.25) is 0 Å². The van der Waals surface area contributed by atoms with Gasteiger partial charge in [-0.1, -0.05) is 13.5 Å². The van der Waals surface area contributed by atoms with Crippen LogP contribution in [-0.2, 0) is 18.7 Å². The highest BCUT2D eigenvalue weighted by Gasteiger charge is 2.13. The molecule has 0 saturated carbocycles. The standard InChI is InChI=1S/C8H14ClFO4S/c1-3-8(7(2)14-10)13-5-4-6-15(9,11)12/h8H,2-6H2,1H3. The molecule has 0 aliphatic heterocycles. The Morgan fingerprint density at radius 3 is 2.60 bits per heavy atom. The van der Waals surface area contributed by atoms with Crippen LogP contribution in [0.1, 0.15) is 19.8 Å². The van der Waals surface area contributed by atoms with Crippen LogP contribution in [0, 0.1) is 0 Å². The molecule has 0 N–H and O–H groups in total. The molecule has 0 radical (unpaired) electrons. The molecule has 0 aromatic heterocycles. The molecule has 0 spiro atoms. The minimum absolute atomic E-state index is 0.119. The van der Waals surface area contributed by atoms with Gasteiger partial charge in [0.2, 0.25) is 9.05 Å². The summed E-state index contributed by atoms with van der Waals surface area (Å²) in [5.41, 5.74) is 0. The molecule has 15 heavy (non-hydrogen) atoms. The number of halogens is 2. The van der Waals surface area contributed by atoms with E-state index in [1.807, 2.05) is 0 Å². The van der Waals surface area contributed by atoms with E-state index in [1.54, 1.807) is 6.92 Å². The highest BCUT2D eigenvalue weighted by molar-refractivity contribution is 8.13. The second-order valence-electron chi connectivity index (χ2n) is 2.91. The Balaban J connectivity index is 3.78. The SMILES string of the molecule is C=C(OF)C(CC)OCCCS(=O)(=O)Cl. The summed E-state index contributed by atoms with van der Waals surface area (Å²) in [5.74, 6) is -0.292. The second kappa shape index (κ2) is 7.03. The summed E-state index contributed by atoms with van der Waals surface area (Å²) in [7, 11) is 1.50. The third-order valence-corrected chi connectivity index (χ3v) is 2.92. The van der Waals surface area contributed by atoms with E-state index < -0.39 is 15.2 Å². The lowest BCUT2D eigenvalue weighted by Gasteiger charge is -2.14. The van der Waals surface area contributed by atoms with Gasteiger partial charge in [-0.2, -0.15) is 0 Å². The van der Waals surface area contributed by atoms with Crippen molar-refractivity contribution in [1.29, 1.82) is 0 Å². The molecule has 0 amide bonds. The molecule has 0 aromatic carbocycles. The van der Waals surface area contributed by atoms with Gasteiger partial charge in [-0.05, 0) is 12.8 Å². The first kappa shape index (κ1) is 14.7. The Bertz CT molecular complexity index is 291. The number of rotatable bonds is 8. The first-order valence-electron chi connectivity index (χ1n) is 4.42. The Morgan fingerprint density at radius 1 is 1.60 bits per heavy atom. The van der Waals surface area contributed by atoms with E-state index in [4.69, 9.17) is 15.4 Å². The largest absolute Gasteiger partial charge is 0.370 e. The van der Waals surface area contributed by atoms with E-state index in [9.17, 15) is 12.9 Å². The first-order valence-corrected chi connectivity index (χ1v) is 6.90. The van der Waals surface area contributed by atoms with E-state index in [2.05, 4.69) is 11.5 Å². The molecule has 4 nitrogen and oxygen atoms in total. The number of hydrogen-bond donors (Lipinski definition) is 0. The maximum Gasteiger partial charge on any atom is 0.232 e. The van der Waals surface area contributed by atoms with Crippen LogP contribution in [-0.4, -0.2) is 26.9 Å². The molecular formula is C8H14ClFO4S. The maximum absolute atomic E-state index is 11.7. The molecule has 0 heterocycles. The number of ether oxygens (including phenoxy) is 1. The summed E-state index contributed by atoms with van der Waals surface area (Å²) >= 11 is 0. The minimum Gasteiger partial charge on any atom is -0.370 e. The third kappa shape index (κ3) is 7.58. The topological polar surface area (TPSA) is 52.6 Å². The van der Waals surface area contributed by atoms with E-state index >= 15 is 0 Å². The van der Waals surface area contributed by atoms with Crippen molar-refractivity contribution in [2.75, 3.05) is 12.4 Å². The van der Waals surface area contributed by atoms with Gasteiger partial charge in [0.15, 0.2) is 5.76 Å². The van der Waals surface area contributed by atoms with Crippen LogP contribution in [0.4, 0.5) is 4.53 Å². The fraction of sp³-hybridized carbons (Fsp3) is 0.750.